The number of nitrogens with zero attached hydrogens (tertiary/aromatic N) is 5. The van der Waals surface area contributed by atoms with Crippen LogP contribution in [0.1, 0.15) is 0 Å². The van der Waals surface area contributed by atoms with E-state index in [1.807, 2.05) is 24.3 Å². The molecule has 0 aliphatic carbocycles. The van der Waals surface area contributed by atoms with Crippen molar-refractivity contribution in [2.24, 2.45) is 0 Å². The van der Waals surface area contributed by atoms with Crippen molar-refractivity contribution in [3.63, 3.8) is 0 Å². The topological polar surface area (TPSA) is 68.0 Å². The third-order valence-electron chi connectivity index (χ3n) is 3.02. The predicted octanol–water partition coefficient (Wildman–Crippen LogP) is 3.64. The van der Waals surface area contributed by atoms with Gasteiger partial charge in [-0.2, -0.15) is 4.98 Å². The Labute approximate surface area is 134 Å². The van der Waals surface area contributed by atoms with E-state index >= 15 is 0 Å². The lowest BCUT2D eigenvalue weighted by Gasteiger charge is -2.00. The molecule has 108 valence electrons. The molecule has 0 aliphatic rings. The van der Waals surface area contributed by atoms with Gasteiger partial charge >= 0.3 is 0 Å². The van der Waals surface area contributed by atoms with Gasteiger partial charge in [0.05, 0.1) is 10.4 Å². The third-order valence-corrected chi connectivity index (χ3v) is 4.05. The fraction of sp³-hybridized carbons (Fsp3) is 0. The second kappa shape index (κ2) is 5.36. The number of rotatable bonds is 3. The second-order valence-electron chi connectivity index (χ2n) is 4.48. The molecule has 0 saturated heterocycles. The molecule has 0 amide bonds. The lowest BCUT2D eigenvalue weighted by molar-refractivity contribution is 0.952. The van der Waals surface area contributed by atoms with E-state index in [9.17, 15) is 0 Å². The van der Waals surface area contributed by atoms with Gasteiger partial charge in [-0.3, -0.25) is 4.98 Å². The van der Waals surface area contributed by atoms with E-state index in [1.165, 1.54) is 11.3 Å². The summed E-state index contributed by atoms with van der Waals surface area (Å²) >= 11 is 7.40. The lowest BCUT2D eigenvalue weighted by Crippen LogP contribution is -1.93. The van der Waals surface area contributed by atoms with Gasteiger partial charge in [0.25, 0.3) is 0 Å². The Kier molecular flexibility index (Phi) is 3.21. The first-order valence-electron chi connectivity index (χ1n) is 6.42. The molecule has 0 spiro atoms. The molecule has 0 radical (unpaired) electrons. The average Bonchev–Trinajstić information content (AvgIpc) is 3.18. The first-order valence-corrected chi connectivity index (χ1v) is 7.68. The van der Waals surface area contributed by atoms with Crippen LogP contribution in [0.3, 0.4) is 0 Å². The molecule has 1 aromatic carbocycles. The van der Waals surface area contributed by atoms with Gasteiger partial charge in [-0.1, -0.05) is 11.6 Å². The Morgan fingerprint density at radius 2 is 2.05 bits per heavy atom. The fourth-order valence-corrected chi connectivity index (χ4v) is 2.78. The molecule has 3 aromatic heterocycles. The number of thiazole rings is 1. The smallest absolute Gasteiger partial charge is 0.247 e. The van der Waals surface area contributed by atoms with Crippen molar-refractivity contribution in [2.45, 2.75) is 0 Å². The lowest BCUT2D eigenvalue weighted by atomic mass is 10.3. The van der Waals surface area contributed by atoms with Gasteiger partial charge in [0.1, 0.15) is 5.69 Å². The van der Waals surface area contributed by atoms with Gasteiger partial charge in [0.15, 0.2) is 5.65 Å². The Balaban J connectivity index is 1.74. The summed E-state index contributed by atoms with van der Waals surface area (Å²) in [6.07, 6.45) is 5.23. The summed E-state index contributed by atoms with van der Waals surface area (Å²) < 4.78 is 1.69. The maximum absolute atomic E-state index is 5.88. The highest BCUT2D eigenvalue weighted by Crippen LogP contribution is 2.25. The summed E-state index contributed by atoms with van der Waals surface area (Å²) in [6.45, 7) is 0. The van der Waals surface area contributed by atoms with Crippen LogP contribution in [0.4, 0.5) is 11.6 Å². The van der Waals surface area contributed by atoms with Crippen molar-refractivity contribution >= 4 is 40.2 Å². The van der Waals surface area contributed by atoms with Crippen molar-refractivity contribution < 1.29 is 0 Å². The van der Waals surface area contributed by atoms with E-state index in [2.05, 4.69) is 25.4 Å². The van der Waals surface area contributed by atoms with Gasteiger partial charge in [-0.25, -0.2) is 9.50 Å². The number of hydrogen-bond acceptors (Lipinski definition) is 6. The molecule has 0 saturated carbocycles. The second-order valence-corrected chi connectivity index (χ2v) is 5.80. The van der Waals surface area contributed by atoms with Crippen LogP contribution in [-0.2, 0) is 0 Å². The minimum atomic E-state index is 0.501. The van der Waals surface area contributed by atoms with Crippen LogP contribution in [-0.4, -0.2) is 24.6 Å². The van der Waals surface area contributed by atoms with E-state index < -0.39 is 0 Å². The zero-order chi connectivity index (χ0) is 14.9. The summed E-state index contributed by atoms with van der Waals surface area (Å²) in [5, 5.41) is 8.24. The molecule has 4 aromatic rings. The first kappa shape index (κ1) is 13.2. The molecule has 0 atom stereocenters. The molecule has 1 N–H and O–H groups in total. The first-order chi connectivity index (χ1) is 10.8. The number of benzene rings is 1. The van der Waals surface area contributed by atoms with Crippen molar-refractivity contribution in [1.29, 1.82) is 0 Å². The van der Waals surface area contributed by atoms with Crippen LogP contribution in [0.15, 0.2) is 48.4 Å². The highest BCUT2D eigenvalue weighted by Gasteiger charge is 2.12. The quantitative estimate of drug-likeness (QED) is 0.621. The molecule has 6 nitrogen and oxygen atoms in total. The van der Waals surface area contributed by atoms with Crippen LogP contribution < -0.4 is 5.32 Å². The molecule has 4 rings (SSSR count). The van der Waals surface area contributed by atoms with Crippen LogP contribution in [0.2, 0.25) is 5.02 Å². The van der Waals surface area contributed by atoms with Crippen molar-refractivity contribution in [3.8, 4) is 10.6 Å². The van der Waals surface area contributed by atoms with E-state index in [4.69, 9.17) is 11.6 Å². The van der Waals surface area contributed by atoms with Gasteiger partial charge in [0, 0.05) is 29.3 Å². The van der Waals surface area contributed by atoms with Crippen LogP contribution in [0, 0.1) is 0 Å². The molecule has 22 heavy (non-hydrogen) atoms. The Hall–Kier alpha value is -2.51. The molecule has 0 bridgehead atoms. The fourth-order valence-electron chi connectivity index (χ4n) is 2.04. The minimum Gasteiger partial charge on any atom is -0.323 e. The van der Waals surface area contributed by atoms with E-state index in [0.29, 0.717) is 16.6 Å². The van der Waals surface area contributed by atoms with Crippen molar-refractivity contribution in [2.75, 3.05) is 5.32 Å². The average molecular weight is 329 g/mol. The summed E-state index contributed by atoms with van der Waals surface area (Å²) in [5.74, 6) is 0.501. The number of anilines is 2. The van der Waals surface area contributed by atoms with Crippen LogP contribution in [0.5, 0.6) is 0 Å². The van der Waals surface area contributed by atoms with Crippen LogP contribution in [0.25, 0.3) is 16.2 Å². The molecule has 0 unspecified atom stereocenters. The van der Waals surface area contributed by atoms with Gasteiger partial charge in [-0.15, -0.1) is 16.4 Å². The summed E-state index contributed by atoms with van der Waals surface area (Å²) in [6, 6.07) is 7.36. The number of nitrogens with one attached hydrogen (secondary N) is 1. The zero-order valence-electron chi connectivity index (χ0n) is 11.1. The van der Waals surface area contributed by atoms with Gasteiger partial charge in [0.2, 0.25) is 5.95 Å². The summed E-state index contributed by atoms with van der Waals surface area (Å²) in [7, 11) is 0. The Bertz CT molecular complexity index is 916. The third kappa shape index (κ3) is 2.40. The molecule has 0 fully saturated rings. The monoisotopic (exact) mass is 328 g/mol. The molecular formula is C14H9ClN6S. The molecule has 3 heterocycles. The van der Waals surface area contributed by atoms with Gasteiger partial charge in [-0.05, 0) is 24.3 Å². The number of fused-ring (bicyclic) bond motifs is 1. The highest BCUT2D eigenvalue weighted by atomic mass is 35.5. The molecule has 8 heteroatoms. The minimum absolute atomic E-state index is 0.501. The largest absolute Gasteiger partial charge is 0.323 e. The summed E-state index contributed by atoms with van der Waals surface area (Å²) in [5.41, 5.74) is 4.08. The Morgan fingerprint density at radius 1 is 1.18 bits per heavy atom. The summed E-state index contributed by atoms with van der Waals surface area (Å²) in [4.78, 5) is 13.9. The number of halogens is 1. The standard InChI is InChI=1S/C14H9ClN6S/c15-9-1-3-10(4-2-9)18-14-19-13-12(11-7-16-8-22-11)17-5-6-21(13)20-14/h1-8H,(H,18,20). The van der Waals surface area contributed by atoms with Crippen molar-refractivity contribution in [1.82, 2.24) is 24.6 Å². The predicted molar refractivity (Wildman–Crippen MR) is 86.6 cm³/mol. The number of hydrogen-bond donors (Lipinski definition) is 1. The van der Waals surface area contributed by atoms with Gasteiger partial charge < -0.3 is 5.32 Å². The van der Waals surface area contributed by atoms with E-state index in [0.717, 1.165) is 16.3 Å². The molecular weight excluding hydrogens is 320 g/mol. The molecule has 0 aliphatic heterocycles. The maximum atomic E-state index is 5.88. The zero-order valence-corrected chi connectivity index (χ0v) is 12.7. The SMILES string of the molecule is Clc1ccc(Nc2nc3c(-c4cncs4)nccn3n2)cc1. The normalized spacial score (nSPS) is 11.0. The highest BCUT2D eigenvalue weighted by molar-refractivity contribution is 7.13. The van der Waals surface area contributed by atoms with Crippen molar-refractivity contribution in [3.05, 3.63) is 53.4 Å². The van der Waals surface area contributed by atoms with Crippen LogP contribution >= 0.6 is 22.9 Å². The van der Waals surface area contributed by atoms with E-state index in [-0.39, 0.29) is 0 Å². The number of aromatic nitrogens is 5. The Morgan fingerprint density at radius 3 is 2.82 bits per heavy atom. The maximum Gasteiger partial charge on any atom is 0.247 e. The van der Waals surface area contributed by atoms with E-state index in [1.54, 1.807) is 28.6 Å².